The monoisotopic (exact) mass is 580 g/mol. The van der Waals surface area contributed by atoms with E-state index < -0.39 is 22.0 Å². The number of carboxylic acids is 1. The number of sulfonamides is 1. The third kappa shape index (κ3) is 6.59. The quantitative estimate of drug-likeness (QED) is 0.241. The summed E-state index contributed by atoms with van der Waals surface area (Å²) in [5.41, 5.74) is 3.40. The highest BCUT2D eigenvalue weighted by molar-refractivity contribution is 7.89. The number of nitrogens with one attached hydrogen (secondary N) is 1. The number of carboxylic acid groups (broad SMARTS) is 1. The Morgan fingerprint density at radius 2 is 1.75 bits per heavy atom. The third-order valence-electron chi connectivity index (χ3n) is 6.54. The van der Waals surface area contributed by atoms with Gasteiger partial charge in [0, 0.05) is 34.6 Å². The molecule has 0 aliphatic rings. The van der Waals surface area contributed by atoms with Gasteiger partial charge in [-0.2, -0.15) is 4.72 Å². The molecular formula is C30H29ClN2O6S. The van der Waals surface area contributed by atoms with Crippen LogP contribution in [-0.2, 0) is 27.8 Å². The molecule has 40 heavy (non-hydrogen) atoms. The Morgan fingerprint density at radius 3 is 2.38 bits per heavy atom. The van der Waals surface area contributed by atoms with E-state index in [9.17, 15) is 18.3 Å². The van der Waals surface area contributed by atoms with Gasteiger partial charge in [-0.05, 0) is 79.6 Å². The molecule has 4 rings (SSSR count). The lowest BCUT2D eigenvalue weighted by atomic mass is 10.0. The Labute approximate surface area is 238 Å². The third-order valence-corrected chi connectivity index (χ3v) is 8.26. The maximum absolute atomic E-state index is 13.1. The summed E-state index contributed by atoms with van der Waals surface area (Å²) >= 11 is 6.32. The minimum atomic E-state index is -4.15. The van der Waals surface area contributed by atoms with Crippen LogP contribution >= 0.6 is 11.6 Å². The van der Waals surface area contributed by atoms with Gasteiger partial charge in [-0.1, -0.05) is 29.7 Å². The highest BCUT2D eigenvalue weighted by Crippen LogP contribution is 2.31. The maximum atomic E-state index is 13.1. The zero-order valence-electron chi connectivity index (χ0n) is 22.3. The molecule has 2 N–H and O–H groups in total. The number of hydrogen-bond donors (Lipinski definition) is 2. The zero-order valence-corrected chi connectivity index (χ0v) is 23.8. The van der Waals surface area contributed by atoms with E-state index in [0.29, 0.717) is 22.9 Å². The van der Waals surface area contributed by atoms with Crippen LogP contribution < -0.4 is 14.2 Å². The van der Waals surface area contributed by atoms with Crippen LogP contribution in [0.3, 0.4) is 0 Å². The maximum Gasteiger partial charge on any atom is 0.322 e. The molecule has 0 aliphatic carbocycles. The number of hydrogen-bond acceptors (Lipinski definition) is 5. The summed E-state index contributed by atoms with van der Waals surface area (Å²) in [6.07, 6.45) is -0.0796. The molecule has 1 atom stereocenters. The van der Waals surface area contributed by atoms with Crippen LogP contribution in [0.2, 0.25) is 5.02 Å². The fraction of sp³-hybridized carbons (Fsp3) is 0.233. The highest BCUT2D eigenvalue weighted by atomic mass is 35.5. The average molecular weight is 581 g/mol. The SMILES string of the molecule is CC#CCOc1ccc(S(=O)(=O)NC(Cc2c(C)n(Cc3ccc(OC)cc3)c3ccc(Cl)cc23)C(=O)O)cc1. The summed E-state index contributed by atoms with van der Waals surface area (Å²) in [5.74, 6) is 5.38. The van der Waals surface area contributed by atoms with E-state index in [4.69, 9.17) is 21.1 Å². The van der Waals surface area contributed by atoms with Gasteiger partial charge in [0.05, 0.1) is 12.0 Å². The number of methoxy groups -OCH3 is 1. The predicted molar refractivity (Wildman–Crippen MR) is 155 cm³/mol. The molecule has 0 radical (unpaired) electrons. The lowest BCUT2D eigenvalue weighted by molar-refractivity contribution is -0.138. The molecule has 4 aromatic rings. The van der Waals surface area contributed by atoms with Gasteiger partial charge in [0.1, 0.15) is 24.1 Å². The molecule has 0 spiro atoms. The molecule has 10 heteroatoms. The second kappa shape index (κ2) is 12.5. The molecule has 0 saturated carbocycles. The Balaban J connectivity index is 1.63. The second-order valence-electron chi connectivity index (χ2n) is 9.06. The Kier molecular flexibility index (Phi) is 9.05. The van der Waals surface area contributed by atoms with Crippen molar-refractivity contribution in [1.82, 2.24) is 9.29 Å². The van der Waals surface area contributed by atoms with Gasteiger partial charge >= 0.3 is 5.97 Å². The zero-order chi connectivity index (χ0) is 28.9. The minimum absolute atomic E-state index is 0.0747. The summed E-state index contributed by atoms with van der Waals surface area (Å²) in [4.78, 5) is 12.2. The average Bonchev–Trinajstić information content (AvgIpc) is 3.18. The van der Waals surface area contributed by atoms with Crippen molar-refractivity contribution in [3.8, 4) is 23.3 Å². The number of benzene rings is 3. The van der Waals surface area contributed by atoms with Crippen LogP contribution in [0.5, 0.6) is 11.5 Å². The molecular weight excluding hydrogens is 552 g/mol. The molecule has 0 amide bonds. The topological polar surface area (TPSA) is 107 Å². The second-order valence-corrected chi connectivity index (χ2v) is 11.2. The van der Waals surface area contributed by atoms with Gasteiger partial charge in [-0.25, -0.2) is 8.42 Å². The van der Waals surface area contributed by atoms with E-state index in [1.165, 1.54) is 24.3 Å². The van der Waals surface area contributed by atoms with E-state index in [0.717, 1.165) is 27.9 Å². The van der Waals surface area contributed by atoms with Crippen molar-refractivity contribution in [2.75, 3.05) is 13.7 Å². The molecule has 0 bridgehead atoms. The fourth-order valence-electron chi connectivity index (χ4n) is 4.44. The van der Waals surface area contributed by atoms with Gasteiger partial charge < -0.3 is 19.1 Å². The number of ether oxygens (including phenoxy) is 2. The van der Waals surface area contributed by atoms with Crippen LogP contribution in [0, 0.1) is 18.8 Å². The summed E-state index contributed by atoms with van der Waals surface area (Å²) in [6, 6.07) is 17.4. The smallest absolute Gasteiger partial charge is 0.322 e. The Morgan fingerprint density at radius 1 is 1.07 bits per heavy atom. The van der Waals surface area contributed by atoms with E-state index in [1.54, 1.807) is 26.2 Å². The normalized spacial score (nSPS) is 12.0. The molecule has 8 nitrogen and oxygen atoms in total. The molecule has 3 aromatic carbocycles. The van der Waals surface area contributed by atoms with E-state index in [2.05, 4.69) is 21.1 Å². The summed E-state index contributed by atoms with van der Waals surface area (Å²) in [5, 5.41) is 11.3. The molecule has 1 unspecified atom stereocenters. The molecule has 208 valence electrons. The van der Waals surface area contributed by atoms with Crippen molar-refractivity contribution in [3.05, 3.63) is 88.6 Å². The lowest BCUT2D eigenvalue weighted by Crippen LogP contribution is -2.42. The molecule has 1 aromatic heterocycles. The van der Waals surface area contributed by atoms with E-state index in [-0.39, 0.29) is 17.9 Å². The van der Waals surface area contributed by atoms with Gasteiger partial charge in [0.25, 0.3) is 0 Å². The first-order valence-electron chi connectivity index (χ1n) is 12.4. The molecule has 0 fully saturated rings. The summed E-state index contributed by atoms with van der Waals surface area (Å²) < 4.78 is 41.4. The van der Waals surface area contributed by atoms with Gasteiger partial charge in [-0.3, -0.25) is 4.79 Å². The van der Waals surface area contributed by atoms with E-state index >= 15 is 0 Å². The molecule has 0 aliphatic heterocycles. The van der Waals surface area contributed by atoms with Crippen molar-refractivity contribution in [3.63, 3.8) is 0 Å². The minimum Gasteiger partial charge on any atom is -0.497 e. The van der Waals surface area contributed by atoms with Gasteiger partial charge in [0.15, 0.2) is 0 Å². The van der Waals surface area contributed by atoms with Crippen molar-refractivity contribution in [2.24, 2.45) is 0 Å². The number of carbonyl (C=O) groups is 1. The first-order valence-corrected chi connectivity index (χ1v) is 14.3. The number of rotatable bonds is 11. The first-order chi connectivity index (χ1) is 19.1. The standard InChI is InChI=1S/C30H29ClN2O6S/c1-4-5-16-39-24-11-13-25(14-12-24)40(36,37)32-28(30(34)35)18-26-20(2)33(29-15-8-22(31)17-27(26)29)19-21-6-9-23(38-3)10-7-21/h6-15,17,28,32H,16,18-19H2,1-3H3,(H,34,35). The summed E-state index contributed by atoms with van der Waals surface area (Å²) in [7, 11) is -2.54. The number of aliphatic carboxylic acids is 1. The van der Waals surface area contributed by atoms with Crippen LogP contribution in [0.15, 0.2) is 71.6 Å². The lowest BCUT2D eigenvalue weighted by Gasteiger charge is -2.16. The van der Waals surface area contributed by atoms with Gasteiger partial charge in [-0.15, -0.1) is 5.92 Å². The Hall–Kier alpha value is -3.97. The molecule has 1 heterocycles. The van der Waals surface area contributed by atoms with Crippen LogP contribution in [-0.4, -0.2) is 43.8 Å². The van der Waals surface area contributed by atoms with Crippen molar-refractivity contribution >= 4 is 38.5 Å². The first kappa shape index (κ1) is 29.0. The number of fused-ring (bicyclic) bond motifs is 1. The highest BCUT2D eigenvalue weighted by Gasteiger charge is 2.28. The van der Waals surface area contributed by atoms with Crippen molar-refractivity contribution < 1.29 is 27.8 Å². The largest absolute Gasteiger partial charge is 0.497 e. The van der Waals surface area contributed by atoms with Crippen LogP contribution in [0.25, 0.3) is 10.9 Å². The Bertz CT molecular complexity index is 1680. The number of halogens is 1. The summed E-state index contributed by atoms with van der Waals surface area (Å²) in [6.45, 7) is 4.28. The van der Waals surface area contributed by atoms with Crippen LogP contribution in [0.4, 0.5) is 0 Å². The molecule has 0 saturated heterocycles. The van der Waals surface area contributed by atoms with Crippen molar-refractivity contribution in [1.29, 1.82) is 0 Å². The predicted octanol–water partition coefficient (Wildman–Crippen LogP) is 5.04. The van der Waals surface area contributed by atoms with E-state index in [1.807, 2.05) is 37.3 Å². The van der Waals surface area contributed by atoms with Crippen molar-refractivity contribution in [2.45, 2.75) is 37.8 Å². The number of nitrogens with zero attached hydrogens (tertiary/aromatic N) is 1. The fourth-order valence-corrected chi connectivity index (χ4v) is 5.81. The number of aromatic nitrogens is 1. The van der Waals surface area contributed by atoms with Crippen LogP contribution in [0.1, 0.15) is 23.7 Å². The van der Waals surface area contributed by atoms with Gasteiger partial charge in [0.2, 0.25) is 10.0 Å².